The third-order valence-corrected chi connectivity index (χ3v) is 10.9. The lowest BCUT2D eigenvalue weighted by Crippen LogP contribution is -2.60. The van der Waals surface area contributed by atoms with Crippen molar-refractivity contribution in [2.24, 2.45) is 50.5 Å². The molecule has 0 aromatic heterocycles. The molecule has 30 heteroatoms. The van der Waals surface area contributed by atoms with Crippen LogP contribution in [0.5, 0.6) is 0 Å². The number of carbonyl (C=O) groups is 10. The predicted octanol–water partition coefficient (Wildman–Crippen LogP) is -8.29. The Morgan fingerprint density at radius 3 is 1.62 bits per heavy atom. The minimum absolute atomic E-state index is 0.0306. The molecule has 0 spiro atoms. The van der Waals surface area contributed by atoms with Crippen molar-refractivity contribution in [3.63, 3.8) is 0 Å². The lowest BCUT2D eigenvalue weighted by atomic mass is 10.00. The van der Waals surface area contributed by atoms with E-state index in [1.807, 2.05) is 5.32 Å². The first-order chi connectivity index (χ1) is 33.8. The molecule has 0 aliphatic carbocycles. The van der Waals surface area contributed by atoms with Gasteiger partial charge in [-0.25, -0.2) is 4.79 Å². The number of nitrogens with two attached hydrogens (primary N) is 5. The summed E-state index contributed by atoms with van der Waals surface area (Å²) in [7, 11) is 0. The molecule has 9 atom stereocenters. The van der Waals surface area contributed by atoms with E-state index in [9.17, 15) is 63.3 Å². The van der Waals surface area contributed by atoms with E-state index >= 15 is 0 Å². The summed E-state index contributed by atoms with van der Waals surface area (Å²) in [6, 6.07) is -12.1. The summed E-state index contributed by atoms with van der Waals surface area (Å²) in [5.74, 6) is -10.2. The molecule has 1 fully saturated rings. The van der Waals surface area contributed by atoms with Gasteiger partial charge in [0.2, 0.25) is 53.2 Å². The summed E-state index contributed by atoms with van der Waals surface area (Å²) in [5.41, 5.74) is 27.2. The molecule has 0 unspecified atom stereocenters. The van der Waals surface area contributed by atoms with Crippen molar-refractivity contribution in [1.29, 1.82) is 0 Å². The number of guanidine groups is 2. The van der Waals surface area contributed by atoms with Gasteiger partial charge in [0.15, 0.2) is 11.9 Å². The number of rotatable bonds is 32. The van der Waals surface area contributed by atoms with E-state index in [2.05, 4.69) is 47.2 Å². The zero-order chi connectivity index (χ0) is 54.8. The lowest BCUT2D eigenvalue weighted by Gasteiger charge is -2.32. The molecule has 0 aromatic rings. The second-order valence-corrected chi connectivity index (χ2v) is 17.8. The number of carbonyl (C=O) groups excluding carboxylic acids is 9. The number of nitrogens with one attached hydrogen (secondary N) is 8. The Kier molecular flexibility index (Phi) is 28.2. The van der Waals surface area contributed by atoms with E-state index in [1.165, 1.54) is 11.8 Å². The van der Waals surface area contributed by atoms with Crippen molar-refractivity contribution in [3.8, 4) is 0 Å². The Morgan fingerprint density at radius 2 is 1.12 bits per heavy atom. The van der Waals surface area contributed by atoms with Crippen LogP contribution < -0.4 is 71.2 Å². The van der Waals surface area contributed by atoms with Crippen LogP contribution in [0.1, 0.15) is 79.6 Å². The standard InChI is InChI=1S/C42H76N16O14/c1-20(2)15-26(54-38(69)29-11-8-14-58(29)39(70)31(21(3)4)57-36(67)25(10-7-13-49-42(46)47)53-33(64)23(43)17-59)34(65)50-16-30(62)52-24(9-6-12-48-41(44)45)35(66)51-22(5)32(63)55-27(18-60)37(68)56-28(19-61)40(71)72/h20-29,31,59-61H,6-19,43H2,1-5H3,(H,50,65)(H,51,66)(H,52,62)(H,53,64)(H,54,69)(H,55,63)(H,56,68)(H,57,67)(H,71,72)(H4,44,45,48)(H4,46,47,49)/t22-,23-,24-,25-,26-,27-,28-,29-,31-/m0/s1. The average molecular weight is 1030 g/mol. The molecule has 0 bridgehead atoms. The smallest absolute Gasteiger partial charge is 0.328 e. The van der Waals surface area contributed by atoms with Gasteiger partial charge in [0.25, 0.3) is 0 Å². The van der Waals surface area contributed by atoms with Gasteiger partial charge in [-0.15, -0.1) is 0 Å². The Hall–Kier alpha value is -6.92. The number of carboxylic acid groups (broad SMARTS) is 1. The highest BCUT2D eigenvalue weighted by molar-refractivity contribution is 5.98. The van der Waals surface area contributed by atoms with Crippen molar-refractivity contribution in [1.82, 2.24) is 47.4 Å². The van der Waals surface area contributed by atoms with E-state index in [-0.39, 0.29) is 76.0 Å². The summed E-state index contributed by atoms with van der Waals surface area (Å²) < 4.78 is 0. The Bertz CT molecular complexity index is 1930. The first-order valence-corrected chi connectivity index (χ1v) is 23.4. The zero-order valence-corrected chi connectivity index (χ0v) is 41.4. The molecule has 22 N–H and O–H groups in total. The molecule has 1 aliphatic heterocycles. The van der Waals surface area contributed by atoms with E-state index < -0.39 is 146 Å². The molecule has 1 aliphatic rings. The highest BCUT2D eigenvalue weighted by Gasteiger charge is 2.41. The summed E-state index contributed by atoms with van der Waals surface area (Å²) in [5, 5.41) is 56.5. The van der Waals surface area contributed by atoms with Gasteiger partial charge in [-0.1, -0.05) is 27.7 Å². The number of carboxylic acids is 1. The number of aliphatic imine (C=N–C) groups is 2. The lowest BCUT2D eigenvalue weighted by molar-refractivity contribution is -0.143. The number of aliphatic hydroxyl groups is 3. The maximum Gasteiger partial charge on any atom is 0.328 e. The molecule has 1 rings (SSSR count). The van der Waals surface area contributed by atoms with Gasteiger partial charge in [0, 0.05) is 19.6 Å². The van der Waals surface area contributed by atoms with E-state index in [1.54, 1.807) is 27.7 Å². The SMILES string of the molecule is CC(C)C[C@H](NC(=O)[C@@H]1CCCN1C(=O)[C@@H](NC(=O)[C@H](CCCN=C(N)N)NC(=O)[C@@H](N)CO)C(C)C)C(=O)NCC(=O)N[C@@H](CCCN=C(N)N)C(=O)N[C@@H](C)C(=O)N[C@@H](CO)C(=O)N[C@@H](CO)C(=O)O. The molecule has 1 heterocycles. The first-order valence-electron chi connectivity index (χ1n) is 23.4. The zero-order valence-electron chi connectivity index (χ0n) is 41.4. The minimum Gasteiger partial charge on any atom is -0.480 e. The molecule has 30 nitrogen and oxygen atoms in total. The Labute approximate surface area is 416 Å². The highest BCUT2D eigenvalue weighted by Crippen LogP contribution is 2.21. The first kappa shape index (κ1) is 63.1. The summed E-state index contributed by atoms with van der Waals surface area (Å²) in [6.45, 7) is 5.06. The molecule has 408 valence electrons. The van der Waals surface area contributed by atoms with Gasteiger partial charge in [0.05, 0.1) is 26.4 Å². The maximum atomic E-state index is 14.1. The van der Waals surface area contributed by atoms with Crippen molar-refractivity contribution in [3.05, 3.63) is 0 Å². The number of aliphatic carboxylic acids is 1. The van der Waals surface area contributed by atoms with Crippen LogP contribution in [0.3, 0.4) is 0 Å². The fourth-order valence-electron chi connectivity index (χ4n) is 6.99. The van der Waals surface area contributed by atoms with Crippen LogP contribution >= 0.6 is 0 Å². The molecule has 9 amide bonds. The molecular formula is C42H76N16O14. The fourth-order valence-corrected chi connectivity index (χ4v) is 6.99. The number of likely N-dealkylation sites (tertiary alicyclic amines) is 1. The number of nitrogens with zero attached hydrogens (tertiary/aromatic N) is 3. The van der Waals surface area contributed by atoms with Crippen LogP contribution in [0.15, 0.2) is 9.98 Å². The van der Waals surface area contributed by atoms with E-state index in [4.69, 9.17) is 33.8 Å². The topological polar surface area (TPSA) is 506 Å². The molecule has 72 heavy (non-hydrogen) atoms. The summed E-state index contributed by atoms with van der Waals surface area (Å²) >= 11 is 0. The van der Waals surface area contributed by atoms with Crippen molar-refractivity contribution in [2.75, 3.05) is 46.0 Å². The predicted molar refractivity (Wildman–Crippen MR) is 258 cm³/mol. The number of aliphatic hydroxyl groups excluding tert-OH is 3. The second-order valence-electron chi connectivity index (χ2n) is 17.8. The van der Waals surface area contributed by atoms with Crippen LogP contribution in [0.4, 0.5) is 0 Å². The van der Waals surface area contributed by atoms with Crippen LogP contribution in [-0.4, -0.2) is 197 Å². The maximum absolute atomic E-state index is 14.1. The molecule has 0 radical (unpaired) electrons. The minimum atomic E-state index is -1.73. The van der Waals surface area contributed by atoms with Gasteiger partial charge in [-0.2, -0.15) is 0 Å². The van der Waals surface area contributed by atoms with Gasteiger partial charge in [-0.05, 0) is 63.7 Å². The normalized spacial score (nSPS) is 16.5. The third kappa shape index (κ3) is 22.4. The van der Waals surface area contributed by atoms with Gasteiger partial charge < -0.3 is 96.5 Å². The quantitative estimate of drug-likeness (QED) is 0.0169. The summed E-state index contributed by atoms with van der Waals surface area (Å²) in [4.78, 5) is 140. The van der Waals surface area contributed by atoms with Crippen LogP contribution in [0, 0.1) is 11.8 Å². The van der Waals surface area contributed by atoms with E-state index in [0.717, 1.165) is 0 Å². The monoisotopic (exact) mass is 1030 g/mol. The fraction of sp³-hybridized carbons (Fsp3) is 0.714. The van der Waals surface area contributed by atoms with Gasteiger partial charge in [-0.3, -0.25) is 53.1 Å². The number of amides is 9. The number of hydrogen-bond donors (Lipinski definition) is 17. The van der Waals surface area contributed by atoms with Crippen molar-refractivity contribution >= 4 is 71.1 Å². The second kappa shape index (κ2) is 32.1. The largest absolute Gasteiger partial charge is 0.480 e. The molecule has 0 aromatic carbocycles. The Balaban J connectivity index is 3.16. The molecule has 0 saturated carbocycles. The highest BCUT2D eigenvalue weighted by atomic mass is 16.4. The summed E-state index contributed by atoms with van der Waals surface area (Å²) in [6.07, 6.45) is 1.02. The van der Waals surface area contributed by atoms with Crippen LogP contribution in [0.2, 0.25) is 0 Å². The van der Waals surface area contributed by atoms with Crippen LogP contribution in [-0.2, 0) is 47.9 Å². The molecule has 1 saturated heterocycles. The third-order valence-electron chi connectivity index (χ3n) is 10.9. The Morgan fingerprint density at radius 1 is 0.611 bits per heavy atom. The van der Waals surface area contributed by atoms with Crippen molar-refractivity contribution < 1.29 is 68.4 Å². The van der Waals surface area contributed by atoms with Crippen LogP contribution in [0.25, 0.3) is 0 Å². The van der Waals surface area contributed by atoms with Gasteiger partial charge >= 0.3 is 5.97 Å². The number of hydrogen-bond acceptors (Lipinski definition) is 16. The van der Waals surface area contributed by atoms with Crippen molar-refractivity contribution in [2.45, 2.75) is 134 Å². The van der Waals surface area contributed by atoms with E-state index in [0.29, 0.717) is 6.42 Å². The molecular weight excluding hydrogens is 953 g/mol. The average Bonchev–Trinajstić information content (AvgIpc) is 3.81. The van der Waals surface area contributed by atoms with Gasteiger partial charge in [0.1, 0.15) is 54.4 Å².